The van der Waals surface area contributed by atoms with Gasteiger partial charge in [-0.3, -0.25) is 0 Å². The molecular formula is C18H21N3O4. The fourth-order valence-electron chi connectivity index (χ4n) is 2.60. The van der Waals surface area contributed by atoms with Gasteiger partial charge >= 0.3 is 6.03 Å². The van der Waals surface area contributed by atoms with Gasteiger partial charge in [-0.2, -0.15) is 0 Å². The highest BCUT2D eigenvalue weighted by atomic mass is 16.6. The first-order chi connectivity index (χ1) is 12.2. The molecule has 0 fully saturated rings. The van der Waals surface area contributed by atoms with Crippen LogP contribution in [-0.4, -0.2) is 48.8 Å². The quantitative estimate of drug-likeness (QED) is 0.904. The van der Waals surface area contributed by atoms with E-state index in [1.165, 1.54) is 7.11 Å². The third kappa shape index (κ3) is 3.93. The molecule has 0 saturated carbocycles. The lowest BCUT2D eigenvalue weighted by Crippen LogP contribution is -2.45. The smallest absolute Gasteiger partial charge is 0.322 e. The second-order valence-electron chi connectivity index (χ2n) is 5.53. The van der Waals surface area contributed by atoms with Crippen molar-refractivity contribution in [3.8, 4) is 17.4 Å². The summed E-state index contributed by atoms with van der Waals surface area (Å²) >= 11 is 0. The van der Waals surface area contributed by atoms with Crippen LogP contribution in [0.2, 0.25) is 0 Å². The minimum absolute atomic E-state index is 0.226. The van der Waals surface area contributed by atoms with Crippen LogP contribution in [0.1, 0.15) is 6.92 Å². The standard InChI is InChI=1S/C18H21N3O4/c1-3-21(18(22)20-14-7-6-10-19-17(14)23-2)11-13-12-24-15-8-4-5-9-16(15)25-13/h4-10,13H,3,11-12H2,1-2H3,(H,20,22)/t13-/m0/s1. The number of fused-ring (bicyclic) bond motifs is 1. The van der Waals surface area contributed by atoms with Gasteiger partial charge in [0.1, 0.15) is 12.3 Å². The summed E-state index contributed by atoms with van der Waals surface area (Å²) in [6, 6.07) is 10.8. The molecule has 2 amide bonds. The fraction of sp³-hybridized carbons (Fsp3) is 0.333. The number of methoxy groups -OCH3 is 1. The molecule has 1 aromatic carbocycles. The zero-order valence-electron chi connectivity index (χ0n) is 14.3. The molecule has 132 valence electrons. The number of ether oxygens (including phenoxy) is 3. The lowest BCUT2D eigenvalue weighted by Gasteiger charge is -2.31. The number of aromatic nitrogens is 1. The average molecular weight is 343 g/mol. The number of nitrogens with one attached hydrogen (secondary N) is 1. The van der Waals surface area contributed by atoms with Crippen LogP contribution in [0.25, 0.3) is 0 Å². The van der Waals surface area contributed by atoms with Crippen molar-refractivity contribution >= 4 is 11.7 Å². The topological polar surface area (TPSA) is 72.9 Å². The van der Waals surface area contributed by atoms with Gasteiger partial charge in [0.2, 0.25) is 5.88 Å². The summed E-state index contributed by atoms with van der Waals surface area (Å²) in [4.78, 5) is 18.3. The number of hydrogen-bond donors (Lipinski definition) is 1. The van der Waals surface area contributed by atoms with Gasteiger partial charge in [0.25, 0.3) is 0 Å². The molecule has 7 heteroatoms. The van der Waals surface area contributed by atoms with E-state index < -0.39 is 0 Å². The molecule has 2 aromatic rings. The Bertz CT molecular complexity index is 738. The summed E-state index contributed by atoms with van der Waals surface area (Å²) in [6.07, 6.45) is 1.38. The van der Waals surface area contributed by atoms with E-state index in [1.54, 1.807) is 23.2 Å². The first-order valence-electron chi connectivity index (χ1n) is 8.14. The summed E-state index contributed by atoms with van der Waals surface area (Å²) < 4.78 is 16.8. The molecule has 0 unspecified atom stereocenters. The molecule has 1 atom stereocenters. The minimum atomic E-state index is -0.240. The van der Waals surface area contributed by atoms with E-state index in [-0.39, 0.29) is 12.1 Å². The molecule has 0 saturated heterocycles. The van der Waals surface area contributed by atoms with Crippen molar-refractivity contribution in [2.45, 2.75) is 13.0 Å². The van der Waals surface area contributed by atoms with Crippen LogP contribution in [0.3, 0.4) is 0 Å². The molecule has 0 spiro atoms. The summed E-state index contributed by atoms with van der Waals surface area (Å²) in [5.41, 5.74) is 0.527. The molecule has 1 aromatic heterocycles. The highest BCUT2D eigenvalue weighted by Gasteiger charge is 2.25. The van der Waals surface area contributed by atoms with Crippen LogP contribution in [0.5, 0.6) is 17.4 Å². The SMILES string of the molecule is CCN(C[C@H]1COc2ccccc2O1)C(=O)Nc1cccnc1OC. The van der Waals surface area contributed by atoms with E-state index in [0.717, 1.165) is 5.75 Å². The molecule has 0 bridgehead atoms. The van der Waals surface area contributed by atoms with Gasteiger partial charge in [-0.05, 0) is 31.2 Å². The summed E-state index contributed by atoms with van der Waals surface area (Å²) in [7, 11) is 1.51. The van der Waals surface area contributed by atoms with Crippen molar-refractivity contribution in [3.05, 3.63) is 42.6 Å². The number of nitrogens with zero attached hydrogens (tertiary/aromatic N) is 2. The number of pyridine rings is 1. The Balaban J connectivity index is 1.63. The maximum Gasteiger partial charge on any atom is 0.322 e. The molecule has 0 radical (unpaired) electrons. The predicted octanol–water partition coefficient (Wildman–Crippen LogP) is 2.78. The summed E-state index contributed by atoms with van der Waals surface area (Å²) in [6.45, 7) is 3.27. The van der Waals surface area contributed by atoms with E-state index >= 15 is 0 Å². The third-order valence-electron chi connectivity index (χ3n) is 3.87. The number of hydrogen-bond acceptors (Lipinski definition) is 5. The van der Waals surface area contributed by atoms with Crippen molar-refractivity contribution in [3.63, 3.8) is 0 Å². The lowest BCUT2D eigenvalue weighted by atomic mass is 10.2. The summed E-state index contributed by atoms with van der Waals surface area (Å²) in [5.74, 6) is 1.80. The molecule has 0 aliphatic carbocycles. The van der Waals surface area contributed by atoms with Crippen molar-refractivity contribution in [1.82, 2.24) is 9.88 Å². The van der Waals surface area contributed by atoms with E-state index in [0.29, 0.717) is 37.0 Å². The minimum Gasteiger partial charge on any atom is -0.486 e. The zero-order valence-corrected chi connectivity index (χ0v) is 14.3. The normalized spacial score (nSPS) is 15.4. The molecule has 1 aliphatic rings. The molecule has 25 heavy (non-hydrogen) atoms. The highest BCUT2D eigenvalue weighted by Crippen LogP contribution is 2.31. The van der Waals surface area contributed by atoms with Crippen molar-refractivity contribution in [2.75, 3.05) is 32.1 Å². The van der Waals surface area contributed by atoms with E-state index in [9.17, 15) is 4.79 Å². The van der Waals surface area contributed by atoms with Crippen LogP contribution in [0.15, 0.2) is 42.6 Å². The number of carbonyl (C=O) groups excluding carboxylic acids is 1. The van der Waals surface area contributed by atoms with Gasteiger partial charge in [-0.1, -0.05) is 12.1 Å². The van der Waals surface area contributed by atoms with E-state index in [1.807, 2.05) is 31.2 Å². The Morgan fingerprint density at radius 3 is 2.88 bits per heavy atom. The molecule has 3 rings (SSSR count). The zero-order chi connectivity index (χ0) is 17.6. The van der Waals surface area contributed by atoms with Gasteiger partial charge in [0.15, 0.2) is 17.6 Å². The van der Waals surface area contributed by atoms with Crippen LogP contribution >= 0.6 is 0 Å². The van der Waals surface area contributed by atoms with Gasteiger partial charge in [-0.25, -0.2) is 9.78 Å². The predicted molar refractivity (Wildman–Crippen MR) is 93.4 cm³/mol. The molecular weight excluding hydrogens is 322 g/mol. The number of carbonyl (C=O) groups is 1. The first kappa shape index (κ1) is 16.9. The monoisotopic (exact) mass is 343 g/mol. The molecule has 1 N–H and O–H groups in total. The van der Waals surface area contributed by atoms with Gasteiger partial charge in [0, 0.05) is 12.7 Å². The van der Waals surface area contributed by atoms with Gasteiger partial charge in [-0.15, -0.1) is 0 Å². The second kappa shape index (κ2) is 7.74. The highest BCUT2D eigenvalue weighted by molar-refractivity contribution is 5.90. The Kier molecular flexibility index (Phi) is 5.23. The second-order valence-corrected chi connectivity index (χ2v) is 5.53. The summed E-state index contributed by atoms with van der Waals surface area (Å²) in [5, 5.41) is 2.82. The van der Waals surface area contributed by atoms with E-state index in [4.69, 9.17) is 14.2 Å². The van der Waals surface area contributed by atoms with Gasteiger partial charge < -0.3 is 24.4 Å². The van der Waals surface area contributed by atoms with Crippen molar-refractivity contribution in [2.24, 2.45) is 0 Å². The Morgan fingerprint density at radius 2 is 2.12 bits per heavy atom. The Hall–Kier alpha value is -2.96. The first-order valence-corrected chi connectivity index (χ1v) is 8.14. The van der Waals surface area contributed by atoms with Crippen LogP contribution in [0, 0.1) is 0 Å². The van der Waals surface area contributed by atoms with E-state index in [2.05, 4.69) is 10.3 Å². The molecule has 7 nitrogen and oxygen atoms in total. The van der Waals surface area contributed by atoms with Crippen molar-refractivity contribution < 1.29 is 19.0 Å². The van der Waals surface area contributed by atoms with Crippen LogP contribution in [-0.2, 0) is 0 Å². The fourth-order valence-corrected chi connectivity index (χ4v) is 2.60. The molecule has 2 heterocycles. The maximum absolute atomic E-state index is 12.6. The van der Waals surface area contributed by atoms with Crippen LogP contribution in [0.4, 0.5) is 10.5 Å². The Labute approximate surface area is 146 Å². The van der Waals surface area contributed by atoms with Crippen LogP contribution < -0.4 is 19.5 Å². The largest absolute Gasteiger partial charge is 0.486 e. The van der Waals surface area contributed by atoms with Crippen molar-refractivity contribution in [1.29, 1.82) is 0 Å². The maximum atomic E-state index is 12.6. The number of para-hydroxylation sites is 2. The lowest BCUT2D eigenvalue weighted by molar-refractivity contribution is 0.0693. The number of urea groups is 1. The number of benzene rings is 1. The number of amides is 2. The number of rotatable bonds is 5. The number of likely N-dealkylation sites (N-methyl/N-ethyl adjacent to an activating group) is 1. The number of anilines is 1. The Morgan fingerprint density at radius 1 is 1.32 bits per heavy atom. The third-order valence-corrected chi connectivity index (χ3v) is 3.87. The molecule has 1 aliphatic heterocycles. The van der Waals surface area contributed by atoms with Gasteiger partial charge in [0.05, 0.1) is 13.7 Å². The average Bonchev–Trinajstić information content (AvgIpc) is 2.66.